The molecule has 0 aliphatic carbocycles. The first-order valence-corrected chi connectivity index (χ1v) is 15.0. The van der Waals surface area contributed by atoms with Gasteiger partial charge in [0.2, 0.25) is 0 Å². The second-order valence-electron chi connectivity index (χ2n) is 10.6. The maximum absolute atomic E-state index is 13.7. The Hall–Kier alpha value is -3.34. The summed E-state index contributed by atoms with van der Waals surface area (Å²) in [5.74, 6) is -1.20. The second kappa shape index (κ2) is 13.1. The number of nitrogens with one attached hydrogen (secondary N) is 2. The molecule has 5 rings (SSSR count). The Morgan fingerprint density at radius 2 is 1.65 bits per heavy atom. The number of hydrogen-bond donors (Lipinski definition) is 2. The Labute approximate surface area is 265 Å². The molecule has 1 fully saturated rings. The third-order valence-corrected chi connectivity index (χ3v) is 9.27. The topological polar surface area (TPSA) is 97.0 Å². The number of fused-ring (bicyclic) bond motifs is 1. The number of benzene rings is 3. The third kappa shape index (κ3) is 6.61. The van der Waals surface area contributed by atoms with Crippen LogP contribution in [0.25, 0.3) is 11.1 Å². The van der Waals surface area contributed by atoms with Crippen LogP contribution in [0.3, 0.4) is 0 Å². The van der Waals surface area contributed by atoms with Crippen molar-refractivity contribution >= 4 is 52.5 Å². The minimum absolute atomic E-state index is 0.0481. The lowest BCUT2D eigenvalue weighted by atomic mass is 9.92. The lowest BCUT2D eigenvalue weighted by Gasteiger charge is -2.46. The number of carbonyl (C=O) groups is 3. The quantitative estimate of drug-likeness (QED) is 0.335. The van der Waals surface area contributed by atoms with Gasteiger partial charge >= 0.3 is 0 Å². The highest BCUT2D eigenvalue weighted by Gasteiger charge is 2.41. The molecule has 9 nitrogen and oxygen atoms in total. The average molecular weight is 647 g/mol. The molecule has 226 valence electrons. The fourth-order valence-corrected chi connectivity index (χ4v) is 6.13. The van der Waals surface area contributed by atoms with E-state index in [9.17, 15) is 14.4 Å². The number of halogens is 3. The first-order chi connectivity index (χ1) is 20.6. The first-order valence-electron chi connectivity index (χ1n) is 13.9. The van der Waals surface area contributed by atoms with Crippen molar-refractivity contribution in [2.45, 2.75) is 18.8 Å². The van der Waals surface area contributed by atoms with Crippen LogP contribution in [-0.4, -0.2) is 74.3 Å². The Kier molecular flexibility index (Phi) is 9.48. The number of nitrogens with zero attached hydrogens (tertiary/aromatic N) is 2. The predicted molar refractivity (Wildman–Crippen MR) is 165 cm³/mol. The molecule has 0 radical (unpaired) electrons. The SMILES string of the molecule is CNC(=O)c1ccc(-c2ccc(CC[N+]3(N(C)C(=O)CC4C(=O)NOc5cc(Cl)c(Cl)cc54)CCOCC3)cc2)cc1Cl. The summed E-state index contributed by atoms with van der Waals surface area (Å²) in [7, 11) is 3.36. The highest BCUT2D eigenvalue weighted by atomic mass is 35.5. The Balaban J connectivity index is 1.29. The smallest absolute Gasteiger partial charge is 0.268 e. The lowest BCUT2D eigenvalue weighted by molar-refractivity contribution is -1.03. The fraction of sp³-hybridized carbons (Fsp3) is 0.323. The van der Waals surface area contributed by atoms with Crippen molar-refractivity contribution in [1.82, 2.24) is 15.8 Å². The average Bonchev–Trinajstić information content (AvgIpc) is 3.02. The lowest BCUT2D eigenvalue weighted by Crippen LogP contribution is -2.66. The van der Waals surface area contributed by atoms with Crippen LogP contribution in [0.15, 0.2) is 54.6 Å². The number of amides is 3. The molecule has 3 aromatic rings. The van der Waals surface area contributed by atoms with Crippen molar-refractivity contribution in [2.24, 2.45) is 0 Å². The van der Waals surface area contributed by atoms with Gasteiger partial charge in [0.25, 0.3) is 17.7 Å². The molecule has 1 saturated heterocycles. The van der Waals surface area contributed by atoms with E-state index in [1.807, 2.05) is 18.2 Å². The molecule has 0 spiro atoms. The summed E-state index contributed by atoms with van der Waals surface area (Å²) in [4.78, 5) is 43.7. The van der Waals surface area contributed by atoms with Crippen LogP contribution < -0.4 is 15.6 Å². The summed E-state index contributed by atoms with van der Waals surface area (Å²) in [6, 6.07) is 16.7. The van der Waals surface area contributed by atoms with Gasteiger partial charge in [0.05, 0.1) is 46.8 Å². The molecule has 12 heteroatoms. The van der Waals surface area contributed by atoms with Gasteiger partial charge in [-0.3, -0.25) is 14.4 Å². The van der Waals surface area contributed by atoms with Gasteiger partial charge < -0.3 is 14.9 Å². The van der Waals surface area contributed by atoms with Gasteiger partial charge in [-0.2, -0.15) is 10.5 Å². The molecule has 2 N–H and O–H groups in total. The minimum Gasteiger partial charge on any atom is -0.379 e. The van der Waals surface area contributed by atoms with Crippen LogP contribution in [-0.2, 0) is 20.7 Å². The van der Waals surface area contributed by atoms with Crippen molar-refractivity contribution in [3.8, 4) is 16.9 Å². The number of morpholine rings is 1. The van der Waals surface area contributed by atoms with Crippen molar-refractivity contribution in [3.05, 3.63) is 86.4 Å². The number of carbonyl (C=O) groups excluding carboxylic acids is 3. The third-order valence-electron chi connectivity index (χ3n) is 8.23. The molecular formula is C31H32Cl3N4O5+. The fourth-order valence-electron chi connectivity index (χ4n) is 5.54. The van der Waals surface area contributed by atoms with Crippen molar-refractivity contribution in [3.63, 3.8) is 0 Å². The molecular weight excluding hydrogens is 615 g/mol. The van der Waals surface area contributed by atoms with Crippen LogP contribution >= 0.6 is 34.8 Å². The maximum Gasteiger partial charge on any atom is 0.268 e. The molecule has 1 unspecified atom stereocenters. The largest absolute Gasteiger partial charge is 0.379 e. The van der Waals surface area contributed by atoms with Gasteiger partial charge in [0, 0.05) is 31.5 Å². The number of rotatable bonds is 8. The van der Waals surface area contributed by atoms with Crippen LogP contribution in [0.5, 0.6) is 5.75 Å². The second-order valence-corrected chi connectivity index (χ2v) is 11.9. The van der Waals surface area contributed by atoms with E-state index in [0.29, 0.717) is 64.4 Å². The van der Waals surface area contributed by atoms with E-state index in [1.54, 1.807) is 37.3 Å². The van der Waals surface area contributed by atoms with Crippen molar-refractivity contribution < 1.29 is 28.6 Å². The van der Waals surface area contributed by atoms with Gasteiger partial charge in [-0.15, -0.1) is 0 Å². The zero-order valence-electron chi connectivity index (χ0n) is 23.8. The van der Waals surface area contributed by atoms with E-state index < -0.39 is 11.8 Å². The molecule has 0 saturated carbocycles. The number of ether oxygens (including phenoxy) is 1. The number of hydrogen-bond acceptors (Lipinski definition) is 5. The Morgan fingerprint density at radius 1 is 0.977 bits per heavy atom. The molecule has 1 atom stereocenters. The van der Waals surface area contributed by atoms with Crippen LogP contribution in [0.1, 0.15) is 33.8 Å². The molecule has 2 heterocycles. The number of hydroxylamine groups is 1. The van der Waals surface area contributed by atoms with E-state index in [4.69, 9.17) is 44.4 Å². The maximum atomic E-state index is 13.7. The summed E-state index contributed by atoms with van der Waals surface area (Å²) < 4.78 is 6.06. The molecule has 2 aliphatic rings. The van der Waals surface area contributed by atoms with Gasteiger partial charge in [0.15, 0.2) is 5.75 Å². The van der Waals surface area contributed by atoms with Crippen molar-refractivity contribution in [1.29, 1.82) is 0 Å². The van der Waals surface area contributed by atoms with Crippen LogP contribution in [0.4, 0.5) is 0 Å². The standard InChI is InChI=1S/C31H31Cl3N4O5/c1-35-30(40)22-8-7-21(15-25(22)32)20-5-3-19(4-6-20)9-10-38(11-13-42-14-12-38)37(2)29(39)17-24-23-16-26(33)27(34)18-28(23)43-36-31(24)41/h3-8,15-16,18,24H,9-14,17H2,1-2H3,(H-,35,36,40,41)/p+1. The van der Waals surface area contributed by atoms with E-state index >= 15 is 0 Å². The number of quaternary nitrogens is 1. The van der Waals surface area contributed by atoms with Gasteiger partial charge in [-0.25, -0.2) is 4.59 Å². The molecule has 2 aliphatic heterocycles. The summed E-state index contributed by atoms with van der Waals surface area (Å²) >= 11 is 18.7. The molecule has 3 amide bonds. The van der Waals surface area contributed by atoms with E-state index in [-0.39, 0.29) is 23.3 Å². The van der Waals surface area contributed by atoms with Gasteiger partial charge in [0.1, 0.15) is 19.6 Å². The van der Waals surface area contributed by atoms with Crippen molar-refractivity contribution in [2.75, 3.05) is 46.9 Å². The van der Waals surface area contributed by atoms with Crippen LogP contribution in [0.2, 0.25) is 15.1 Å². The zero-order chi connectivity index (χ0) is 30.7. The Bertz CT molecular complexity index is 1540. The highest BCUT2D eigenvalue weighted by molar-refractivity contribution is 6.42. The zero-order valence-corrected chi connectivity index (χ0v) is 26.1. The van der Waals surface area contributed by atoms with Gasteiger partial charge in [-0.1, -0.05) is 65.1 Å². The normalized spacial score (nSPS) is 17.3. The summed E-state index contributed by atoms with van der Waals surface area (Å²) in [6.45, 7) is 2.99. The Morgan fingerprint density at radius 3 is 2.33 bits per heavy atom. The monoisotopic (exact) mass is 645 g/mol. The van der Waals surface area contributed by atoms with E-state index in [0.717, 1.165) is 23.1 Å². The first kappa shape index (κ1) is 31.1. The highest BCUT2D eigenvalue weighted by Crippen LogP contribution is 2.38. The molecule has 0 aromatic heterocycles. The van der Waals surface area contributed by atoms with Gasteiger partial charge in [-0.05, 0) is 34.9 Å². The molecule has 0 bridgehead atoms. The summed E-state index contributed by atoms with van der Waals surface area (Å²) in [6.07, 6.45) is 0.677. The van der Waals surface area contributed by atoms with E-state index in [2.05, 4.69) is 22.9 Å². The summed E-state index contributed by atoms with van der Waals surface area (Å²) in [5, 5.41) is 5.31. The minimum atomic E-state index is -0.763. The molecule has 3 aromatic carbocycles. The van der Waals surface area contributed by atoms with E-state index in [1.165, 1.54) is 6.07 Å². The predicted octanol–water partition coefficient (Wildman–Crippen LogP) is 5.03. The summed E-state index contributed by atoms with van der Waals surface area (Å²) in [5.41, 5.74) is 6.34. The van der Waals surface area contributed by atoms with Crippen LogP contribution in [0, 0.1) is 0 Å². The molecule has 43 heavy (non-hydrogen) atoms.